The molecule has 1 amide bonds. The number of carbonyl (C=O) groups excluding carboxylic acids is 1. The number of aryl methyl sites for hydroxylation is 1. The molecule has 0 atom stereocenters. The van der Waals surface area contributed by atoms with Crippen LogP contribution in [0.3, 0.4) is 0 Å². The lowest BCUT2D eigenvalue weighted by molar-refractivity contribution is -0.105. The van der Waals surface area contributed by atoms with Gasteiger partial charge in [-0.3, -0.25) is 9.78 Å². The van der Waals surface area contributed by atoms with Crippen molar-refractivity contribution in [3.8, 4) is 0 Å². The maximum Gasteiger partial charge on any atom is 0.211 e. The Balaban J connectivity index is 2.22. The van der Waals surface area contributed by atoms with Crippen molar-refractivity contribution in [3.63, 3.8) is 0 Å². The van der Waals surface area contributed by atoms with E-state index in [1.807, 2.05) is 37.3 Å². The molecule has 0 aliphatic heterocycles. The Morgan fingerprint density at radius 2 is 1.88 bits per heavy atom. The van der Waals surface area contributed by atoms with E-state index in [-0.39, 0.29) is 0 Å². The van der Waals surface area contributed by atoms with Crippen LogP contribution in [0.25, 0.3) is 0 Å². The number of benzene rings is 1. The number of amides is 1. The number of carbonyl (C=O) groups is 1. The molecule has 0 fully saturated rings. The molecule has 2 rings (SSSR count). The summed E-state index contributed by atoms with van der Waals surface area (Å²) >= 11 is 0. The molecule has 4 nitrogen and oxygen atoms in total. The number of anilines is 3. The van der Waals surface area contributed by atoms with Gasteiger partial charge < -0.3 is 10.6 Å². The first-order valence-electron chi connectivity index (χ1n) is 5.27. The van der Waals surface area contributed by atoms with Crippen LogP contribution in [-0.4, -0.2) is 11.4 Å². The van der Waals surface area contributed by atoms with Gasteiger partial charge in [0.2, 0.25) is 6.41 Å². The second kappa shape index (κ2) is 5.12. The van der Waals surface area contributed by atoms with Crippen molar-refractivity contribution in [1.29, 1.82) is 0 Å². The average molecular weight is 227 g/mol. The van der Waals surface area contributed by atoms with Crippen LogP contribution in [0.2, 0.25) is 0 Å². The molecule has 0 radical (unpaired) electrons. The molecule has 0 saturated carbocycles. The number of pyridine rings is 1. The topological polar surface area (TPSA) is 54.0 Å². The summed E-state index contributed by atoms with van der Waals surface area (Å²) in [5.74, 6) is 0. The third-order valence-electron chi connectivity index (χ3n) is 2.42. The van der Waals surface area contributed by atoms with E-state index in [0.29, 0.717) is 6.41 Å². The van der Waals surface area contributed by atoms with Gasteiger partial charge in [-0.15, -0.1) is 0 Å². The highest BCUT2D eigenvalue weighted by molar-refractivity contribution is 5.76. The van der Waals surface area contributed by atoms with Gasteiger partial charge in [0, 0.05) is 29.5 Å². The highest BCUT2D eigenvalue weighted by Crippen LogP contribution is 2.22. The number of aromatic nitrogens is 1. The summed E-state index contributed by atoms with van der Waals surface area (Å²) in [5, 5.41) is 5.90. The fourth-order valence-corrected chi connectivity index (χ4v) is 1.52. The highest BCUT2D eigenvalue weighted by Gasteiger charge is 1.99. The quantitative estimate of drug-likeness (QED) is 0.789. The van der Waals surface area contributed by atoms with Gasteiger partial charge >= 0.3 is 0 Å². The number of rotatable bonds is 4. The SMILES string of the molecule is Cc1ccc(Nc2ccncc2)cc1NC=O. The maximum atomic E-state index is 10.5. The fraction of sp³-hybridized carbons (Fsp3) is 0.0769. The van der Waals surface area contributed by atoms with Gasteiger partial charge in [0.15, 0.2) is 0 Å². The molecule has 0 spiro atoms. The van der Waals surface area contributed by atoms with E-state index in [1.165, 1.54) is 0 Å². The first kappa shape index (κ1) is 11.1. The normalized spacial score (nSPS) is 9.71. The Morgan fingerprint density at radius 3 is 2.59 bits per heavy atom. The molecule has 2 N–H and O–H groups in total. The molecule has 0 aliphatic rings. The molecule has 4 heteroatoms. The van der Waals surface area contributed by atoms with Gasteiger partial charge in [-0.1, -0.05) is 6.07 Å². The van der Waals surface area contributed by atoms with Gasteiger partial charge in [-0.25, -0.2) is 0 Å². The summed E-state index contributed by atoms with van der Waals surface area (Å²) in [4.78, 5) is 14.4. The smallest absolute Gasteiger partial charge is 0.211 e. The van der Waals surface area contributed by atoms with Crippen LogP contribution >= 0.6 is 0 Å². The van der Waals surface area contributed by atoms with Crippen LogP contribution in [0, 0.1) is 6.92 Å². The lowest BCUT2D eigenvalue weighted by Gasteiger charge is -2.09. The molecule has 0 aliphatic carbocycles. The average Bonchev–Trinajstić information content (AvgIpc) is 2.35. The van der Waals surface area contributed by atoms with Crippen molar-refractivity contribution in [2.45, 2.75) is 6.92 Å². The second-order valence-electron chi connectivity index (χ2n) is 3.65. The van der Waals surface area contributed by atoms with Gasteiger partial charge in [0.1, 0.15) is 0 Å². The third-order valence-corrected chi connectivity index (χ3v) is 2.42. The maximum absolute atomic E-state index is 10.5. The zero-order valence-corrected chi connectivity index (χ0v) is 9.47. The van der Waals surface area contributed by atoms with E-state index in [2.05, 4.69) is 15.6 Å². The summed E-state index contributed by atoms with van der Waals surface area (Å²) in [7, 11) is 0. The number of hydrogen-bond acceptors (Lipinski definition) is 3. The standard InChI is InChI=1S/C13H13N3O/c1-10-2-3-12(8-13(10)15-9-17)16-11-4-6-14-7-5-11/h2-9H,1H3,(H,14,16)(H,15,17). The predicted molar refractivity (Wildman–Crippen MR) is 68.4 cm³/mol. The molecule has 1 heterocycles. The third kappa shape index (κ3) is 2.81. The van der Waals surface area contributed by atoms with E-state index in [1.54, 1.807) is 12.4 Å². The summed E-state index contributed by atoms with van der Waals surface area (Å²) in [6, 6.07) is 9.57. The number of hydrogen-bond donors (Lipinski definition) is 2. The molecule has 1 aromatic heterocycles. The fourth-order valence-electron chi connectivity index (χ4n) is 1.52. The van der Waals surface area contributed by atoms with E-state index in [4.69, 9.17) is 0 Å². The zero-order valence-electron chi connectivity index (χ0n) is 9.47. The molecule has 86 valence electrons. The molecular formula is C13H13N3O. The van der Waals surface area contributed by atoms with Crippen molar-refractivity contribution < 1.29 is 4.79 Å². The van der Waals surface area contributed by atoms with Gasteiger partial charge in [-0.2, -0.15) is 0 Å². The van der Waals surface area contributed by atoms with Crippen molar-refractivity contribution in [3.05, 3.63) is 48.3 Å². The van der Waals surface area contributed by atoms with Crippen LogP contribution in [0.15, 0.2) is 42.7 Å². The molecule has 0 bridgehead atoms. The minimum atomic E-state index is 0.679. The molecule has 0 saturated heterocycles. The van der Waals surface area contributed by atoms with Gasteiger partial charge in [0.25, 0.3) is 0 Å². The van der Waals surface area contributed by atoms with E-state index < -0.39 is 0 Å². The molecular weight excluding hydrogens is 214 g/mol. The predicted octanol–water partition coefficient (Wildman–Crippen LogP) is 2.70. The van der Waals surface area contributed by atoms with Crippen molar-refractivity contribution in [2.24, 2.45) is 0 Å². The monoisotopic (exact) mass is 227 g/mol. The van der Waals surface area contributed by atoms with Crippen molar-refractivity contribution in [2.75, 3.05) is 10.6 Å². The minimum Gasteiger partial charge on any atom is -0.355 e. The summed E-state index contributed by atoms with van der Waals surface area (Å²) in [6.07, 6.45) is 4.13. The van der Waals surface area contributed by atoms with Gasteiger partial charge in [0.05, 0.1) is 0 Å². The van der Waals surface area contributed by atoms with Crippen LogP contribution in [0.5, 0.6) is 0 Å². The minimum absolute atomic E-state index is 0.679. The van der Waals surface area contributed by atoms with Crippen LogP contribution in [-0.2, 0) is 4.79 Å². The lowest BCUT2D eigenvalue weighted by Crippen LogP contribution is -1.98. The molecule has 0 unspecified atom stereocenters. The number of nitrogens with one attached hydrogen (secondary N) is 2. The molecule has 2 aromatic rings. The Bertz CT molecular complexity index is 511. The van der Waals surface area contributed by atoms with Gasteiger partial charge in [-0.05, 0) is 36.8 Å². The van der Waals surface area contributed by atoms with Crippen molar-refractivity contribution >= 4 is 23.5 Å². The summed E-state index contributed by atoms with van der Waals surface area (Å²) in [5.41, 5.74) is 3.71. The Hall–Kier alpha value is -2.36. The van der Waals surface area contributed by atoms with Crippen LogP contribution in [0.4, 0.5) is 17.1 Å². The highest BCUT2D eigenvalue weighted by atomic mass is 16.1. The second-order valence-corrected chi connectivity index (χ2v) is 3.65. The summed E-state index contributed by atoms with van der Waals surface area (Å²) in [6.45, 7) is 1.95. The lowest BCUT2D eigenvalue weighted by atomic mass is 10.2. The Morgan fingerprint density at radius 1 is 1.12 bits per heavy atom. The Labute approximate surface area is 99.7 Å². The van der Waals surface area contributed by atoms with E-state index in [9.17, 15) is 4.79 Å². The van der Waals surface area contributed by atoms with Crippen LogP contribution < -0.4 is 10.6 Å². The largest absolute Gasteiger partial charge is 0.355 e. The van der Waals surface area contributed by atoms with Crippen LogP contribution in [0.1, 0.15) is 5.56 Å². The first-order chi connectivity index (χ1) is 8.29. The Kier molecular flexibility index (Phi) is 3.35. The summed E-state index contributed by atoms with van der Waals surface area (Å²) < 4.78 is 0. The van der Waals surface area contributed by atoms with E-state index in [0.717, 1.165) is 22.6 Å². The van der Waals surface area contributed by atoms with Crippen molar-refractivity contribution in [1.82, 2.24) is 4.98 Å². The first-order valence-corrected chi connectivity index (χ1v) is 5.27. The zero-order chi connectivity index (χ0) is 12.1. The molecule has 1 aromatic carbocycles. The molecule has 17 heavy (non-hydrogen) atoms. The number of nitrogens with zero attached hydrogens (tertiary/aromatic N) is 1. The van der Waals surface area contributed by atoms with E-state index >= 15 is 0 Å².